The molecule has 0 bridgehead atoms. The second kappa shape index (κ2) is 8.99. The first-order valence-electron chi connectivity index (χ1n) is 8.74. The average molecular weight is 411 g/mol. The fourth-order valence-corrected chi connectivity index (χ4v) is 4.75. The number of fused-ring (bicyclic) bond motifs is 1. The van der Waals surface area contributed by atoms with Gasteiger partial charge in [-0.25, -0.2) is 4.79 Å². The zero-order valence-corrected chi connectivity index (χ0v) is 16.3. The van der Waals surface area contributed by atoms with Gasteiger partial charge >= 0.3 is 5.97 Å². The van der Waals surface area contributed by atoms with Gasteiger partial charge in [0.1, 0.15) is 11.4 Å². The highest BCUT2D eigenvalue weighted by atomic mass is 32.2. The summed E-state index contributed by atoms with van der Waals surface area (Å²) in [5, 5.41) is 11.3. The Hall–Kier alpha value is -1.71. The van der Waals surface area contributed by atoms with Crippen LogP contribution in [0.1, 0.15) is 12.0 Å². The van der Waals surface area contributed by atoms with Crippen LogP contribution in [0.4, 0.5) is 0 Å². The van der Waals surface area contributed by atoms with Crippen molar-refractivity contribution in [3.63, 3.8) is 0 Å². The molecular weight excluding hydrogens is 388 g/mol. The molecule has 0 aromatic heterocycles. The number of hydrogen-bond acceptors (Lipinski definition) is 6. The van der Waals surface area contributed by atoms with E-state index in [-0.39, 0.29) is 23.8 Å². The molecule has 0 spiro atoms. The van der Waals surface area contributed by atoms with E-state index in [2.05, 4.69) is 17.9 Å². The summed E-state index contributed by atoms with van der Waals surface area (Å²) in [5.74, 6) is -1.17. The number of thioether (sulfide) groups is 1. The summed E-state index contributed by atoms with van der Waals surface area (Å²) in [4.78, 5) is 38.4. The highest BCUT2D eigenvalue weighted by Crippen LogP contribution is 2.29. The summed E-state index contributed by atoms with van der Waals surface area (Å²) in [5.41, 5.74) is 0.981. The van der Waals surface area contributed by atoms with Gasteiger partial charge in [0.2, 0.25) is 11.8 Å². The molecule has 1 aromatic rings. The molecule has 1 unspecified atom stereocenters. The fraction of sp³-hybridized carbons (Fsp3) is 0.500. The predicted molar refractivity (Wildman–Crippen MR) is 105 cm³/mol. The van der Waals surface area contributed by atoms with Crippen molar-refractivity contribution >= 4 is 42.2 Å². The Morgan fingerprint density at radius 1 is 1.33 bits per heavy atom. The highest BCUT2D eigenvalue weighted by molar-refractivity contribution is 7.99. The molecule has 0 aliphatic carbocycles. The first-order chi connectivity index (χ1) is 13.0. The van der Waals surface area contributed by atoms with Gasteiger partial charge in [0.15, 0.2) is 6.04 Å². The number of thiol groups is 1. The molecule has 0 radical (unpaired) electrons. The second-order valence-corrected chi connectivity index (χ2v) is 8.43. The molecule has 2 amide bonds. The smallest absolute Gasteiger partial charge is 0.328 e. The molecule has 1 aromatic carbocycles. The Balaban J connectivity index is 1.67. The van der Waals surface area contributed by atoms with Crippen molar-refractivity contribution < 1.29 is 24.2 Å². The van der Waals surface area contributed by atoms with Crippen LogP contribution in [0, 0.1) is 0 Å². The van der Waals surface area contributed by atoms with E-state index in [0.717, 1.165) is 5.56 Å². The predicted octanol–water partition coefficient (Wildman–Crippen LogP) is 0.787. The number of carbonyl (C=O) groups is 3. The minimum absolute atomic E-state index is 0.0397. The summed E-state index contributed by atoms with van der Waals surface area (Å²) >= 11 is 5.86. The Kier molecular flexibility index (Phi) is 6.67. The van der Waals surface area contributed by atoms with Crippen LogP contribution < -0.4 is 5.32 Å². The lowest BCUT2D eigenvalue weighted by atomic mass is 10.1. The van der Waals surface area contributed by atoms with Crippen LogP contribution in [-0.4, -0.2) is 69.5 Å². The maximum absolute atomic E-state index is 13.0. The third kappa shape index (κ3) is 4.77. The molecular formula is C18H22N2O5S2. The van der Waals surface area contributed by atoms with Crippen LogP contribution in [0.3, 0.4) is 0 Å². The minimum atomic E-state index is -1.10. The lowest BCUT2D eigenvalue weighted by molar-refractivity contribution is -0.160. The Bertz CT molecular complexity index is 702. The highest BCUT2D eigenvalue weighted by Gasteiger charge is 2.44. The number of aliphatic carboxylic acids is 1. The van der Waals surface area contributed by atoms with Crippen LogP contribution in [0.2, 0.25) is 0 Å². The van der Waals surface area contributed by atoms with Gasteiger partial charge in [-0.15, -0.1) is 11.8 Å². The summed E-state index contributed by atoms with van der Waals surface area (Å²) < 4.78 is 5.34. The van der Waals surface area contributed by atoms with Gasteiger partial charge in [0, 0.05) is 0 Å². The number of carboxylic acids is 1. The van der Waals surface area contributed by atoms with Crippen LogP contribution in [0.15, 0.2) is 30.3 Å². The van der Waals surface area contributed by atoms with E-state index >= 15 is 0 Å². The van der Waals surface area contributed by atoms with Crippen molar-refractivity contribution in [2.24, 2.45) is 0 Å². The minimum Gasteiger partial charge on any atom is -0.480 e. The number of nitrogens with zero attached hydrogens (tertiary/aromatic N) is 1. The molecule has 4 atom stereocenters. The van der Waals surface area contributed by atoms with Crippen molar-refractivity contribution in [2.45, 2.75) is 35.5 Å². The Morgan fingerprint density at radius 2 is 2.07 bits per heavy atom. The van der Waals surface area contributed by atoms with Crippen molar-refractivity contribution in [3.05, 3.63) is 35.9 Å². The summed E-state index contributed by atoms with van der Waals surface area (Å²) in [6.07, 6.45) is 0.893. The lowest BCUT2D eigenvalue weighted by Gasteiger charge is -2.39. The SMILES string of the molecule is O=C(N[C@H]1CCS[C@H]2COC[C@@H](C(=O)O)N2C1=O)C(S)Cc1ccccc1. The number of hydrogen-bond donors (Lipinski definition) is 3. The first-order valence-corrected chi connectivity index (χ1v) is 10.3. The summed E-state index contributed by atoms with van der Waals surface area (Å²) in [7, 11) is 0. The zero-order valence-electron chi connectivity index (χ0n) is 14.6. The Morgan fingerprint density at radius 3 is 2.78 bits per heavy atom. The van der Waals surface area contributed by atoms with Gasteiger partial charge in [-0.1, -0.05) is 30.3 Å². The number of rotatable bonds is 5. The van der Waals surface area contributed by atoms with Gasteiger partial charge in [0.05, 0.1) is 18.5 Å². The van der Waals surface area contributed by atoms with Crippen LogP contribution in [-0.2, 0) is 25.5 Å². The third-order valence-electron chi connectivity index (χ3n) is 4.63. The topological polar surface area (TPSA) is 95.9 Å². The van der Waals surface area contributed by atoms with Crippen LogP contribution in [0.5, 0.6) is 0 Å². The lowest BCUT2D eigenvalue weighted by Crippen LogP contribution is -2.60. The van der Waals surface area contributed by atoms with E-state index in [4.69, 9.17) is 4.74 Å². The average Bonchev–Trinajstić information content (AvgIpc) is 2.81. The molecule has 9 heteroatoms. The molecule has 2 saturated heterocycles. The van der Waals surface area contributed by atoms with E-state index < -0.39 is 23.3 Å². The van der Waals surface area contributed by atoms with Gasteiger partial charge < -0.3 is 20.1 Å². The molecule has 2 fully saturated rings. The normalized spacial score (nSPS) is 26.6. The molecule has 27 heavy (non-hydrogen) atoms. The standard InChI is InChI=1S/C18H22N2O5S2/c21-16(14(26)8-11-4-2-1-3-5-11)19-12-6-7-27-15-10-25-9-13(18(23)24)20(15)17(12)22/h1-5,12-15,26H,6-10H2,(H,19,21)(H,23,24)/t12-,13-,14?,15-/m0/s1. The number of nitrogens with one attached hydrogen (secondary N) is 1. The molecule has 2 heterocycles. The van der Waals surface area contributed by atoms with E-state index in [9.17, 15) is 19.5 Å². The monoisotopic (exact) mass is 410 g/mol. The number of carboxylic acid groups (broad SMARTS) is 1. The van der Waals surface area contributed by atoms with Crippen molar-refractivity contribution in [2.75, 3.05) is 19.0 Å². The maximum Gasteiger partial charge on any atom is 0.328 e. The van der Waals surface area contributed by atoms with Crippen molar-refractivity contribution in [3.8, 4) is 0 Å². The molecule has 2 aliphatic rings. The summed E-state index contributed by atoms with van der Waals surface area (Å²) in [6, 6.07) is 7.74. The van der Waals surface area contributed by atoms with Crippen LogP contribution >= 0.6 is 24.4 Å². The van der Waals surface area contributed by atoms with E-state index in [1.54, 1.807) is 0 Å². The summed E-state index contributed by atoms with van der Waals surface area (Å²) in [6.45, 7) is 0.256. The number of carbonyl (C=O) groups excluding carboxylic acids is 2. The maximum atomic E-state index is 13.0. The third-order valence-corrected chi connectivity index (χ3v) is 6.26. The zero-order chi connectivity index (χ0) is 19.4. The number of ether oxygens (including phenoxy) is 1. The van der Waals surface area contributed by atoms with Crippen LogP contribution in [0.25, 0.3) is 0 Å². The molecule has 3 rings (SSSR count). The number of benzene rings is 1. The largest absolute Gasteiger partial charge is 0.480 e. The quantitative estimate of drug-likeness (QED) is 0.621. The van der Waals surface area contributed by atoms with Gasteiger partial charge in [-0.3, -0.25) is 9.59 Å². The van der Waals surface area contributed by atoms with Crippen molar-refractivity contribution in [1.82, 2.24) is 10.2 Å². The Labute approximate surface area is 167 Å². The molecule has 2 N–H and O–H groups in total. The molecule has 2 aliphatic heterocycles. The van der Waals surface area contributed by atoms with E-state index in [1.807, 2.05) is 30.3 Å². The number of morpholine rings is 1. The van der Waals surface area contributed by atoms with Gasteiger partial charge in [-0.05, 0) is 24.2 Å². The molecule has 0 saturated carbocycles. The second-order valence-electron chi connectivity index (χ2n) is 6.52. The van der Waals surface area contributed by atoms with Gasteiger partial charge in [0.25, 0.3) is 0 Å². The van der Waals surface area contributed by atoms with Gasteiger partial charge in [-0.2, -0.15) is 12.6 Å². The number of amides is 2. The first kappa shape index (κ1) is 20.0. The molecule has 7 nitrogen and oxygen atoms in total. The fourth-order valence-electron chi connectivity index (χ4n) is 3.21. The van der Waals surface area contributed by atoms with Crippen molar-refractivity contribution in [1.29, 1.82) is 0 Å². The van der Waals surface area contributed by atoms with E-state index in [0.29, 0.717) is 25.2 Å². The van der Waals surface area contributed by atoms with E-state index in [1.165, 1.54) is 16.7 Å². The molecule has 146 valence electrons.